The molecule has 0 fully saturated rings. The normalized spacial score (nSPS) is 11.0. The fraction of sp³-hybridized carbons (Fsp3) is 0.0500. The monoisotopic (exact) mass is 415 g/mol. The van der Waals surface area contributed by atoms with Crippen molar-refractivity contribution in [3.8, 4) is 0 Å². The average Bonchev–Trinajstić information content (AvgIpc) is 3.12. The Morgan fingerprint density at radius 1 is 1.00 bits per heavy atom. The zero-order valence-corrected chi connectivity index (χ0v) is 15.5. The van der Waals surface area contributed by atoms with E-state index < -0.39 is 29.0 Å². The van der Waals surface area contributed by atoms with Crippen LogP contribution in [0.5, 0.6) is 0 Å². The van der Waals surface area contributed by atoms with Gasteiger partial charge < -0.3 is 9.73 Å². The van der Waals surface area contributed by atoms with Crippen molar-refractivity contribution < 1.29 is 22.4 Å². The smallest absolute Gasteiger partial charge is 0.291 e. The number of hydrogen-bond donors (Lipinski definition) is 1. The first-order valence-electron chi connectivity index (χ1n) is 8.39. The van der Waals surface area contributed by atoms with Crippen molar-refractivity contribution in [1.82, 2.24) is 9.97 Å². The summed E-state index contributed by atoms with van der Waals surface area (Å²) in [5, 5.41) is 3.45. The quantitative estimate of drug-likeness (QED) is 0.276. The molecule has 2 aromatic carbocycles. The van der Waals surface area contributed by atoms with Crippen molar-refractivity contribution in [2.45, 2.75) is 10.9 Å². The summed E-state index contributed by atoms with van der Waals surface area (Å²) in [6.07, 6.45) is 3.20. The number of aromatic nitrogens is 2. The van der Waals surface area contributed by atoms with Gasteiger partial charge in [0.1, 0.15) is 5.58 Å². The van der Waals surface area contributed by atoms with Gasteiger partial charge in [0.25, 0.3) is 5.91 Å². The first-order chi connectivity index (χ1) is 14.0. The van der Waals surface area contributed by atoms with Crippen LogP contribution in [0.1, 0.15) is 16.1 Å². The van der Waals surface area contributed by atoms with Gasteiger partial charge >= 0.3 is 0 Å². The number of para-hydroxylation sites is 1. The van der Waals surface area contributed by atoms with E-state index in [9.17, 15) is 18.0 Å². The molecule has 0 aliphatic heterocycles. The summed E-state index contributed by atoms with van der Waals surface area (Å²) >= 11 is 1.29. The minimum absolute atomic E-state index is 0.0567. The Morgan fingerprint density at radius 3 is 2.55 bits per heavy atom. The highest BCUT2D eigenvalue weighted by Gasteiger charge is 2.23. The van der Waals surface area contributed by atoms with Gasteiger partial charge in [-0.1, -0.05) is 30.0 Å². The summed E-state index contributed by atoms with van der Waals surface area (Å²) in [4.78, 5) is 21.0. The number of carbonyl (C=O) groups excluding carboxylic acids is 1. The molecular weight excluding hydrogens is 403 g/mol. The molecule has 0 bridgehead atoms. The molecule has 0 saturated carbocycles. The first kappa shape index (κ1) is 19.0. The second-order valence-electron chi connectivity index (χ2n) is 5.90. The van der Waals surface area contributed by atoms with E-state index >= 15 is 0 Å². The number of benzene rings is 2. The van der Waals surface area contributed by atoms with E-state index in [1.54, 1.807) is 42.7 Å². The number of rotatable bonds is 5. The number of furan rings is 1. The number of hydrogen-bond acceptors (Lipinski definition) is 5. The first-order valence-corrected chi connectivity index (χ1v) is 9.38. The number of fused-ring (bicyclic) bond motifs is 1. The van der Waals surface area contributed by atoms with Crippen molar-refractivity contribution in [3.05, 3.63) is 83.6 Å². The molecule has 0 atom stereocenters. The fourth-order valence-corrected chi connectivity index (χ4v) is 3.55. The average molecular weight is 415 g/mol. The van der Waals surface area contributed by atoms with Crippen molar-refractivity contribution in [2.75, 3.05) is 5.32 Å². The van der Waals surface area contributed by atoms with Crippen LogP contribution in [-0.2, 0) is 5.75 Å². The van der Waals surface area contributed by atoms with E-state index in [0.717, 1.165) is 12.1 Å². The van der Waals surface area contributed by atoms with Crippen LogP contribution in [0.15, 0.2) is 64.4 Å². The maximum atomic E-state index is 13.9. The van der Waals surface area contributed by atoms with Crippen LogP contribution in [0.4, 0.5) is 18.9 Å². The number of halogens is 3. The number of anilines is 1. The summed E-state index contributed by atoms with van der Waals surface area (Å²) in [7, 11) is 0. The molecule has 2 heterocycles. The lowest BCUT2D eigenvalue weighted by Crippen LogP contribution is -2.14. The molecule has 0 aliphatic rings. The Labute approximate surface area is 167 Å². The molecule has 0 radical (unpaired) electrons. The molecule has 9 heteroatoms. The second kappa shape index (κ2) is 7.96. The van der Waals surface area contributed by atoms with Gasteiger partial charge in [0, 0.05) is 29.1 Å². The van der Waals surface area contributed by atoms with Gasteiger partial charge in [-0.15, -0.1) is 0 Å². The molecule has 0 unspecified atom stereocenters. The summed E-state index contributed by atoms with van der Waals surface area (Å²) in [6.45, 7) is 0. The molecule has 2 aromatic heterocycles. The highest BCUT2D eigenvalue weighted by molar-refractivity contribution is 7.98. The standard InChI is InChI=1S/C20H12F3N3O2S/c21-13-6-7-14(17(23)16(13)22)26-19(27)18-12(10-29-20-24-8-3-9-25-20)11-4-1-2-5-15(11)28-18/h1-9H,10H2,(H,26,27). The van der Waals surface area contributed by atoms with Gasteiger partial charge in [-0.3, -0.25) is 4.79 Å². The van der Waals surface area contributed by atoms with Crippen molar-refractivity contribution in [1.29, 1.82) is 0 Å². The molecule has 4 rings (SSSR count). The zero-order valence-electron chi connectivity index (χ0n) is 14.7. The van der Waals surface area contributed by atoms with E-state index in [2.05, 4.69) is 15.3 Å². The molecule has 5 nitrogen and oxygen atoms in total. The highest BCUT2D eigenvalue weighted by Crippen LogP contribution is 2.32. The summed E-state index contributed by atoms with van der Waals surface area (Å²) in [5.74, 6) is -5.02. The lowest BCUT2D eigenvalue weighted by Gasteiger charge is -2.07. The molecule has 0 aliphatic carbocycles. The van der Waals surface area contributed by atoms with Gasteiger partial charge in [0.15, 0.2) is 28.4 Å². The fourth-order valence-electron chi connectivity index (χ4n) is 2.72. The van der Waals surface area contributed by atoms with Gasteiger partial charge in [0.05, 0.1) is 5.69 Å². The van der Waals surface area contributed by atoms with Crippen LogP contribution < -0.4 is 5.32 Å². The molecule has 1 amide bonds. The Kier molecular flexibility index (Phi) is 5.22. The minimum Gasteiger partial charge on any atom is -0.451 e. The topological polar surface area (TPSA) is 68.0 Å². The zero-order chi connectivity index (χ0) is 20.4. The molecule has 4 aromatic rings. The Bertz CT molecular complexity index is 1200. The number of carbonyl (C=O) groups is 1. The van der Waals surface area contributed by atoms with Crippen LogP contribution in [0.2, 0.25) is 0 Å². The molecule has 146 valence electrons. The van der Waals surface area contributed by atoms with E-state index in [4.69, 9.17) is 4.42 Å². The van der Waals surface area contributed by atoms with E-state index in [0.29, 0.717) is 27.4 Å². The third kappa shape index (κ3) is 3.81. The predicted octanol–water partition coefficient (Wildman–Crippen LogP) is 5.18. The lowest BCUT2D eigenvalue weighted by molar-refractivity contribution is 0.0997. The summed E-state index contributed by atoms with van der Waals surface area (Å²) in [6, 6.07) is 10.4. The van der Waals surface area contributed by atoms with Gasteiger partial charge in [0.2, 0.25) is 0 Å². The van der Waals surface area contributed by atoms with Gasteiger partial charge in [-0.25, -0.2) is 23.1 Å². The molecule has 1 N–H and O–H groups in total. The predicted molar refractivity (Wildman–Crippen MR) is 102 cm³/mol. The van der Waals surface area contributed by atoms with E-state index in [1.807, 2.05) is 0 Å². The number of amides is 1. The summed E-state index contributed by atoms with van der Waals surface area (Å²) < 4.78 is 46.2. The highest BCUT2D eigenvalue weighted by atomic mass is 32.2. The Morgan fingerprint density at radius 2 is 1.76 bits per heavy atom. The number of thioether (sulfide) groups is 1. The third-order valence-corrected chi connectivity index (χ3v) is 4.98. The van der Waals surface area contributed by atoms with Crippen LogP contribution in [0, 0.1) is 17.5 Å². The Balaban J connectivity index is 1.67. The van der Waals surface area contributed by atoms with Crippen LogP contribution in [0.3, 0.4) is 0 Å². The Hall–Kier alpha value is -3.33. The van der Waals surface area contributed by atoms with E-state index in [1.165, 1.54) is 11.8 Å². The van der Waals surface area contributed by atoms with Crippen LogP contribution >= 0.6 is 11.8 Å². The number of nitrogens with zero attached hydrogens (tertiary/aromatic N) is 2. The second-order valence-corrected chi connectivity index (χ2v) is 6.85. The third-order valence-electron chi connectivity index (χ3n) is 4.08. The maximum Gasteiger partial charge on any atom is 0.291 e. The van der Waals surface area contributed by atoms with E-state index in [-0.39, 0.29) is 5.76 Å². The van der Waals surface area contributed by atoms with Crippen LogP contribution in [-0.4, -0.2) is 15.9 Å². The largest absolute Gasteiger partial charge is 0.451 e. The maximum absolute atomic E-state index is 13.9. The van der Waals surface area contributed by atoms with Gasteiger partial charge in [-0.2, -0.15) is 0 Å². The van der Waals surface area contributed by atoms with Crippen LogP contribution in [0.25, 0.3) is 11.0 Å². The molecule has 0 saturated heterocycles. The SMILES string of the molecule is O=C(Nc1ccc(F)c(F)c1F)c1oc2ccccc2c1CSc1ncccn1. The van der Waals surface area contributed by atoms with Crippen molar-refractivity contribution >= 4 is 34.3 Å². The molecule has 0 spiro atoms. The molecule has 29 heavy (non-hydrogen) atoms. The lowest BCUT2D eigenvalue weighted by atomic mass is 10.1. The summed E-state index contributed by atoms with van der Waals surface area (Å²) in [5.41, 5.74) is 0.533. The van der Waals surface area contributed by atoms with Gasteiger partial charge in [-0.05, 0) is 24.3 Å². The molecular formula is C20H12F3N3O2S. The van der Waals surface area contributed by atoms with Crippen molar-refractivity contribution in [3.63, 3.8) is 0 Å². The minimum atomic E-state index is -1.66. The number of nitrogens with one attached hydrogen (secondary N) is 1. The van der Waals surface area contributed by atoms with Crippen molar-refractivity contribution in [2.24, 2.45) is 0 Å².